The van der Waals surface area contributed by atoms with Gasteiger partial charge in [-0.15, -0.1) is 0 Å². The van der Waals surface area contributed by atoms with Crippen LogP contribution in [0.25, 0.3) is 0 Å². The first-order valence-corrected chi connectivity index (χ1v) is 7.93. The molecule has 0 bridgehead atoms. The minimum absolute atomic E-state index is 0.168. The molecule has 2 heterocycles. The molecule has 5 heteroatoms. The number of amides is 1. The van der Waals surface area contributed by atoms with E-state index in [1.165, 1.54) is 18.9 Å². The Labute approximate surface area is 126 Å². The number of carbonyl (C=O) groups excluding carboxylic acids is 1. The van der Waals surface area contributed by atoms with Gasteiger partial charge in [-0.25, -0.2) is 4.39 Å². The number of hydrogen-bond acceptors (Lipinski definition) is 2. The van der Waals surface area contributed by atoms with E-state index < -0.39 is 5.82 Å². The third kappa shape index (κ3) is 2.74. The smallest absolute Gasteiger partial charge is 0.256 e. The lowest BCUT2D eigenvalue weighted by atomic mass is 10.2. The average molecular weight is 341 g/mol. The molecule has 1 unspecified atom stereocenters. The molecule has 0 saturated carbocycles. The standard InChI is InChI=1S/C15H18BrFN2O/c16-11-3-4-14(17)13(9-11)15(20)19-8-5-12(10-19)18-6-1-2-7-18/h3-4,9,12H,1-2,5-8,10H2. The summed E-state index contributed by atoms with van der Waals surface area (Å²) in [5, 5.41) is 0. The minimum atomic E-state index is -0.442. The summed E-state index contributed by atoms with van der Waals surface area (Å²) in [4.78, 5) is 16.7. The second-order valence-electron chi connectivity index (χ2n) is 5.56. The zero-order valence-electron chi connectivity index (χ0n) is 11.3. The molecule has 0 N–H and O–H groups in total. The van der Waals surface area contributed by atoms with Crippen LogP contribution in [-0.4, -0.2) is 47.9 Å². The molecule has 0 radical (unpaired) electrons. The molecule has 2 fully saturated rings. The van der Waals surface area contributed by atoms with Crippen molar-refractivity contribution in [3.63, 3.8) is 0 Å². The number of nitrogens with zero attached hydrogens (tertiary/aromatic N) is 2. The zero-order valence-corrected chi connectivity index (χ0v) is 12.9. The molecule has 0 aromatic heterocycles. The number of hydrogen-bond donors (Lipinski definition) is 0. The van der Waals surface area contributed by atoms with E-state index in [-0.39, 0.29) is 11.5 Å². The van der Waals surface area contributed by atoms with Crippen molar-refractivity contribution in [2.75, 3.05) is 26.2 Å². The van der Waals surface area contributed by atoms with Crippen LogP contribution in [-0.2, 0) is 0 Å². The van der Waals surface area contributed by atoms with Crippen LogP contribution in [0.3, 0.4) is 0 Å². The maximum atomic E-state index is 13.8. The summed E-state index contributed by atoms with van der Waals surface area (Å²) < 4.78 is 14.5. The van der Waals surface area contributed by atoms with Gasteiger partial charge in [-0.05, 0) is 50.6 Å². The lowest BCUT2D eigenvalue weighted by Crippen LogP contribution is -2.37. The molecule has 0 aliphatic carbocycles. The fourth-order valence-corrected chi connectivity index (χ4v) is 3.52. The Balaban J connectivity index is 1.70. The van der Waals surface area contributed by atoms with E-state index in [1.54, 1.807) is 17.0 Å². The van der Waals surface area contributed by atoms with Gasteiger partial charge in [0.2, 0.25) is 0 Å². The molecule has 1 aromatic carbocycles. The Morgan fingerprint density at radius 3 is 2.75 bits per heavy atom. The normalized spacial score (nSPS) is 23.5. The maximum Gasteiger partial charge on any atom is 0.256 e. The second-order valence-corrected chi connectivity index (χ2v) is 6.48. The van der Waals surface area contributed by atoms with Crippen LogP contribution in [0.15, 0.2) is 22.7 Å². The highest BCUT2D eigenvalue weighted by atomic mass is 79.9. The molecular weight excluding hydrogens is 323 g/mol. The molecule has 1 amide bonds. The highest BCUT2D eigenvalue weighted by Crippen LogP contribution is 2.23. The predicted octanol–water partition coefficient (Wildman–Crippen LogP) is 2.90. The molecule has 2 saturated heterocycles. The summed E-state index contributed by atoms with van der Waals surface area (Å²) in [5.41, 5.74) is 0.168. The summed E-state index contributed by atoms with van der Waals surface area (Å²) >= 11 is 3.29. The van der Waals surface area contributed by atoms with Gasteiger partial charge < -0.3 is 4.90 Å². The van der Waals surface area contributed by atoms with Gasteiger partial charge in [0.1, 0.15) is 5.82 Å². The van der Waals surface area contributed by atoms with Crippen LogP contribution >= 0.6 is 15.9 Å². The highest BCUT2D eigenvalue weighted by molar-refractivity contribution is 9.10. The molecule has 1 atom stereocenters. The van der Waals surface area contributed by atoms with Crippen LogP contribution in [0.1, 0.15) is 29.6 Å². The predicted molar refractivity (Wildman–Crippen MR) is 79.2 cm³/mol. The van der Waals surface area contributed by atoms with Crippen molar-refractivity contribution >= 4 is 21.8 Å². The van der Waals surface area contributed by atoms with Crippen molar-refractivity contribution in [1.82, 2.24) is 9.80 Å². The van der Waals surface area contributed by atoms with Crippen LogP contribution in [0.5, 0.6) is 0 Å². The minimum Gasteiger partial charge on any atom is -0.337 e. The summed E-state index contributed by atoms with van der Waals surface area (Å²) in [7, 11) is 0. The molecular formula is C15H18BrFN2O. The molecule has 108 valence electrons. The maximum absolute atomic E-state index is 13.8. The Morgan fingerprint density at radius 2 is 2.00 bits per heavy atom. The van der Waals surface area contributed by atoms with Crippen LogP contribution in [0.4, 0.5) is 4.39 Å². The highest BCUT2D eigenvalue weighted by Gasteiger charge is 2.32. The molecule has 20 heavy (non-hydrogen) atoms. The van der Waals surface area contributed by atoms with Gasteiger partial charge in [-0.1, -0.05) is 15.9 Å². The summed E-state index contributed by atoms with van der Waals surface area (Å²) in [5.74, 6) is -0.631. The Kier molecular flexibility index (Phi) is 4.08. The van der Waals surface area contributed by atoms with Crippen molar-refractivity contribution in [3.05, 3.63) is 34.1 Å². The summed E-state index contributed by atoms with van der Waals surface area (Å²) in [6.07, 6.45) is 3.51. The van der Waals surface area contributed by atoms with E-state index in [0.717, 1.165) is 37.1 Å². The van der Waals surface area contributed by atoms with Crippen molar-refractivity contribution in [2.24, 2.45) is 0 Å². The quantitative estimate of drug-likeness (QED) is 0.826. The van der Waals surface area contributed by atoms with E-state index in [0.29, 0.717) is 6.04 Å². The van der Waals surface area contributed by atoms with Crippen LogP contribution in [0, 0.1) is 5.82 Å². The van der Waals surface area contributed by atoms with E-state index in [4.69, 9.17) is 0 Å². The van der Waals surface area contributed by atoms with Gasteiger partial charge in [0, 0.05) is 23.6 Å². The Bertz CT molecular complexity index is 517. The Morgan fingerprint density at radius 1 is 1.25 bits per heavy atom. The third-order valence-corrected chi connectivity index (χ3v) is 4.76. The van der Waals surface area contributed by atoms with Crippen molar-refractivity contribution in [1.29, 1.82) is 0 Å². The number of halogens is 2. The van der Waals surface area contributed by atoms with Crippen LogP contribution in [0.2, 0.25) is 0 Å². The number of rotatable bonds is 2. The van der Waals surface area contributed by atoms with Gasteiger partial charge in [-0.3, -0.25) is 9.69 Å². The van der Waals surface area contributed by atoms with Crippen LogP contribution < -0.4 is 0 Å². The zero-order chi connectivity index (χ0) is 14.1. The van der Waals surface area contributed by atoms with Crippen molar-refractivity contribution in [3.8, 4) is 0 Å². The largest absolute Gasteiger partial charge is 0.337 e. The molecule has 2 aliphatic heterocycles. The summed E-state index contributed by atoms with van der Waals surface area (Å²) in [6.45, 7) is 3.73. The lowest BCUT2D eigenvalue weighted by Gasteiger charge is -2.23. The monoisotopic (exact) mass is 340 g/mol. The molecule has 3 rings (SSSR count). The van der Waals surface area contributed by atoms with E-state index in [9.17, 15) is 9.18 Å². The fourth-order valence-electron chi connectivity index (χ4n) is 3.16. The van der Waals surface area contributed by atoms with Crippen molar-refractivity contribution < 1.29 is 9.18 Å². The first kappa shape index (κ1) is 14.0. The van der Waals surface area contributed by atoms with Crippen molar-refractivity contribution in [2.45, 2.75) is 25.3 Å². The van der Waals surface area contributed by atoms with Gasteiger partial charge in [0.25, 0.3) is 5.91 Å². The van der Waals surface area contributed by atoms with E-state index in [2.05, 4.69) is 20.8 Å². The molecule has 1 aromatic rings. The van der Waals surface area contributed by atoms with E-state index in [1.807, 2.05) is 0 Å². The number of benzene rings is 1. The number of likely N-dealkylation sites (tertiary alicyclic amines) is 2. The fraction of sp³-hybridized carbons (Fsp3) is 0.533. The first-order valence-electron chi connectivity index (χ1n) is 7.13. The van der Waals surface area contributed by atoms with Gasteiger partial charge in [-0.2, -0.15) is 0 Å². The average Bonchev–Trinajstić information content (AvgIpc) is 3.10. The van der Waals surface area contributed by atoms with Gasteiger partial charge in [0.15, 0.2) is 0 Å². The Hall–Kier alpha value is -0.940. The van der Waals surface area contributed by atoms with Gasteiger partial charge >= 0.3 is 0 Å². The summed E-state index contributed by atoms with van der Waals surface area (Å²) in [6, 6.07) is 4.98. The topological polar surface area (TPSA) is 23.6 Å². The third-order valence-electron chi connectivity index (χ3n) is 4.27. The lowest BCUT2D eigenvalue weighted by molar-refractivity contribution is 0.0775. The van der Waals surface area contributed by atoms with E-state index >= 15 is 0 Å². The number of carbonyl (C=O) groups is 1. The second kappa shape index (κ2) is 5.82. The molecule has 3 nitrogen and oxygen atoms in total. The van der Waals surface area contributed by atoms with Gasteiger partial charge in [0.05, 0.1) is 5.56 Å². The molecule has 0 spiro atoms. The SMILES string of the molecule is O=C(c1cc(Br)ccc1F)N1CCC(N2CCCC2)C1. The first-order chi connectivity index (χ1) is 9.65. The molecule has 2 aliphatic rings.